The van der Waals surface area contributed by atoms with Crippen molar-refractivity contribution in [1.29, 1.82) is 0 Å². The maximum absolute atomic E-state index is 10.3. The van der Waals surface area contributed by atoms with Crippen molar-refractivity contribution in [3.8, 4) is 0 Å². The molecule has 10 heavy (non-hydrogen) atoms. The number of hydrogen-bond acceptors (Lipinski definition) is 4. The quantitative estimate of drug-likeness (QED) is 0.201. The summed E-state index contributed by atoms with van der Waals surface area (Å²) in [5, 5.41) is 9.82. The van der Waals surface area contributed by atoms with Gasteiger partial charge < -0.3 is 4.74 Å². The number of carbonyl (C=O) groups excluding carboxylic acids is 1. The third kappa shape index (κ3) is 3.24. The van der Waals surface area contributed by atoms with Crippen LogP contribution in [-0.4, -0.2) is 23.5 Å². The molecule has 0 aliphatic heterocycles. The molecule has 0 aromatic carbocycles. The zero-order valence-corrected chi connectivity index (χ0v) is 6.00. The molecule has 0 saturated heterocycles. The summed E-state index contributed by atoms with van der Waals surface area (Å²) in [6.45, 7) is 0. The first-order chi connectivity index (χ1) is 4.57. The van der Waals surface area contributed by atoms with Gasteiger partial charge in [-0.1, -0.05) is 0 Å². The van der Waals surface area contributed by atoms with Gasteiger partial charge in [-0.3, -0.25) is 14.9 Å². The highest BCUT2D eigenvalue weighted by Crippen LogP contribution is 2.02. The molecule has 5 nitrogen and oxygen atoms in total. The summed E-state index contributed by atoms with van der Waals surface area (Å²) in [6, 6.07) is 0. The molecule has 0 aliphatic rings. The van der Waals surface area contributed by atoms with Crippen molar-refractivity contribution in [3.05, 3.63) is 10.1 Å². The van der Waals surface area contributed by atoms with Crippen molar-refractivity contribution < 1.29 is 14.5 Å². The Balaban J connectivity index is 3.68. The minimum atomic E-state index is -1.38. The molecule has 0 saturated carbocycles. The van der Waals surface area contributed by atoms with Crippen LogP contribution < -0.4 is 0 Å². The van der Waals surface area contributed by atoms with Crippen molar-refractivity contribution in [2.75, 3.05) is 7.11 Å². The van der Waals surface area contributed by atoms with E-state index in [-0.39, 0.29) is 0 Å². The molecule has 6 heteroatoms. The predicted molar refractivity (Wildman–Crippen MR) is 33.3 cm³/mol. The molecule has 0 amide bonds. The summed E-state index contributed by atoms with van der Waals surface area (Å²) in [7, 11) is 1.14. The average molecular weight is 168 g/mol. The Labute approximate surface area is 62.1 Å². The van der Waals surface area contributed by atoms with Gasteiger partial charge in [0.15, 0.2) is 0 Å². The predicted octanol–water partition coefficient (Wildman–Crippen LogP) is 0.391. The second-order valence-corrected chi connectivity index (χ2v) is 2.00. The fourth-order valence-electron chi connectivity index (χ4n) is 0.295. The molecule has 1 atom stereocenters. The van der Waals surface area contributed by atoms with Crippen LogP contribution in [0.3, 0.4) is 0 Å². The fourth-order valence-corrected chi connectivity index (χ4v) is 0.421. The van der Waals surface area contributed by atoms with E-state index < -0.39 is 22.8 Å². The van der Waals surface area contributed by atoms with Crippen LogP contribution in [0.2, 0.25) is 0 Å². The van der Waals surface area contributed by atoms with E-state index >= 15 is 0 Å². The second-order valence-electron chi connectivity index (χ2n) is 1.50. The third-order valence-electron chi connectivity index (χ3n) is 0.792. The largest absolute Gasteiger partial charge is 0.469 e. The number of nitrogens with zero attached hydrogens (tertiary/aromatic N) is 1. The molecule has 0 radical (unpaired) electrons. The lowest BCUT2D eigenvalue weighted by molar-refractivity contribution is -0.497. The molecule has 0 aromatic heterocycles. The van der Waals surface area contributed by atoms with E-state index in [1.54, 1.807) is 0 Å². The van der Waals surface area contributed by atoms with Crippen molar-refractivity contribution in [1.82, 2.24) is 0 Å². The molecular formula is C4H6ClNO4. The first-order valence-electron chi connectivity index (χ1n) is 2.42. The number of alkyl halides is 1. The Morgan fingerprint density at radius 2 is 2.40 bits per heavy atom. The van der Waals surface area contributed by atoms with Gasteiger partial charge in [-0.05, 0) is 11.6 Å². The van der Waals surface area contributed by atoms with Gasteiger partial charge in [0.05, 0.1) is 7.11 Å². The van der Waals surface area contributed by atoms with Crippen molar-refractivity contribution in [2.45, 2.75) is 11.9 Å². The van der Waals surface area contributed by atoms with E-state index in [0.717, 1.165) is 7.11 Å². The third-order valence-corrected chi connectivity index (χ3v) is 1.11. The van der Waals surface area contributed by atoms with E-state index in [0.29, 0.717) is 0 Å². The number of nitro groups is 1. The zero-order chi connectivity index (χ0) is 8.15. The van der Waals surface area contributed by atoms with Crippen molar-refractivity contribution in [3.63, 3.8) is 0 Å². The molecule has 0 aliphatic carbocycles. The highest BCUT2D eigenvalue weighted by molar-refractivity contribution is 6.20. The number of halogens is 1. The van der Waals surface area contributed by atoms with Gasteiger partial charge in [0.2, 0.25) is 0 Å². The Bertz CT molecular complexity index is 148. The lowest BCUT2D eigenvalue weighted by atomic mass is 10.4. The summed E-state index contributed by atoms with van der Waals surface area (Å²) in [4.78, 5) is 19.4. The minimum Gasteiger partial charge on any atom is -0.469 e. The van der Waals surface area contributed by atoms with E-state index in [9.17, 15) is 14.9 Å². The van der Waals surface area contributed by atoms with Gasteiger partial charge in [0.25, 0.3) is 5.50 Å². The number of carbonyl (C=O) groups is 1. The normalized spacial score (nSPS) is 12.2. The van der Waals surface area contributed by atoms with E-state index in [1.165, 1.54) is 0 Å². The monoisotopic (exact) mass is 167 g/mol. The van der Waals surface area contributed by atoms with Gasteiger partial charge in [-0.2, -0.15) is 0 Å². The van der Waals surface area contributed by atoms with Gasteiger partial charge >= 0.3 is 5.97 Å². The molecule has 0 fully saturated rings. The smallest absolute Gasteiger partial charge is 0.313 e. The highest BCUT2D eigenvalue weighted by atomic mass is 35.5. The van der Waals surface area contributed by atoms with Gasteiger partial charge in [-0.25, -0.2) is 0 Å². The van der Waals surface area contributed by atoms with Gasteiger partial charge in [-0.15, -0.1) is 0 Å². The van der Waals surface area contributed by atoms with Crippen molar-refractivity contribution in [2.24, 2.45) is 0 Å². The van der Waals surface area contributed by atoms with E-state index in [4.69, 9.17) is 11.6 Å². The molecule has 0 bridgehead atoms. The zero-order valence-electron chi connectivity index (χ0n) is 5.24. The SMILES string of the molecule is COC(=O)CC(Cl)[N+](=O)[O-]. The Morgan fingerprint density at radius 1 is 1.90 bits per heavy atom. The minimum absolute atomic E-state index is 0.398. The highest BCUT2D eigenvalue weighted by Gasteiger charge is 2.20. The van der Waals surface area contributed by atoms with Crippen LogP contribution in [0.15, 0.2) is 0 Å². The second kappa shape index (κ2) is 4.05. The van der Waals surface area contributed by atoms with E-state index in [2.05, 4.69) is 4.74 Å². The van der Waals surface area contributed by atoms with Crippen LogP contribution in [0.1, 0.15) is 6.42 Å². The number of methoxy groups -OCH3 is 1. The van der Waals surface area contributed by atoms with Crippen LogP contribution in [0.5, 0.6) is 0 Å². The molecule has 0 rings (SSSR count). The van der Waals surface area contributed by atoms with Crippen LogP contribution in [0, 0.1) is 10.1 Å². The lowest BCUT2D eigenvalue weighted by Gasteiger charge is -1.98. The van der Waals surface area contributed by atoms with Crippen LogP contribution >= 0.6 is 11.6 Å². The Hall–Kier alpha value is -0.840. The average Bonchev–Trinajstić information content (AvgIpc) is 1.87. The molecule has 0 aromatic rings. The molecule has 1 unspecified atom stereocenters. The molecule has 0 N–H and O–H groups in total. The topological polar surface area (TPSA) is 69.4 Å². The maximum Gasteiger partial charge on any atom is 0.313 e. The summed E-state index contributed by atoms with van der Waals surface area (Å²) in [5.41, 5.74) is -1.38. The van der Waals surface area contributed by atoms with Gasteiger partial charge in [0, 0.05) is 4.92 Å². The molecular weight excluding hydrogens is 162 g/mol. The summed E-state index contributed by atoms with van der Waals surface area (Å²) < 4.78 is 4.14. The van der Waals surface area contributed by atoms with E-state index in [1.807, 2.05) is 0 Å². The number of esters is 1. The van der Waals surface area contributed by atoms with Crippen LogP contribution in [0.4, 0.5) is 0 Å². The summed E-state index contributed by atoms with van der Waals surface area (Å²) >= 11 is 5.09. The molecule has 0 spiro atoms. The van der Waals surface area contributed by atoms with Crippen LogP contribution in [0.25, 0.3) is 0 Å². The first kappa shape index (κ1) is 9.16. The maximum atomic E-state index is 10.3. The summed E-state index contributed by atoms with van der Waals surface area (Å²) in [6.07, 6.45) is -0.398. The number of hydrogen-bond donors (Lipinski definition) is 0. The van der Waals surface area contributed by atoms with Crippen molar-refractivity contribution >= 4 is 17.6 Å². The van der Waals surface area contributed by atoms with Crippen LogP contribution in [-0.2, 0) is 9.53 Å². The fraction of sp³-hybridized carbons (Fsp3) is 0.750. The summed E-state index contributed by atoms with van der Waals surface area (Å²) in [5.74, 6) is -0.684. The first-order valence-corrected chi connectivity index (χ1v) is 2.86. The number of rotatable bonds is 3. The molecule has 0 heterocycles. The lowest BCUT2D eigenvalue weighted by Crippen LogP contribution is -2.17. The molecule has 58 valence electrons. The number of ether oxygens (including phenoxy) is 1. The standard InChI is InChI=1S/C4H6ClNO4/c1-10-4(7)2-3(5)6(8)9/h3H,2H2,1H3. The Kier molecular flexibility index (Phi) is 3.71. The Morgan fingerprint density at radius 3 is 2.70 bits per heavy atom. The van der Waals surface area contributed by atoms with Gasteiger partial charge in [0.1, 0.15) is 6.42 Å².